The number of aryl methyl sites for hydroxylation is 1. The van der Waals surface area contributed by atoms with Gasteiger partial charge in [0, 0.05) is 30.3 Å². The predicted molar refractivity (Wildman–Crippen MR) is 109 cm³/mol. The molecule has 136 valence electrons. The Bertz CT molecular complexity index is 979. The lowest BCUT2D eigenvalue weighted by molar-refractivity contribution is -0.0979. The van der Waals surface area contributed by atoms with E-state index in [9.17, 15) is 0 Å². The van der Waals surface area contributed by atoms with Crippen LogP contribution in [0.2, 0.25) is 0 Å². The van der Waals surface area contributed by atoms with E-state index in [0.29, 0.717) is 0 Å². The van der Waals surface area contributed by atoms with Crippen LogP contribution in [0.15, 0.2) is 80.3 Å². The van der Waals surface area contributed by atoms with Gasteiger partial charge in [-0.1, -0.05) is 18.2 Å². The fourth-order valence-corrected chi connectivity index (χ4v) is 2.53. The van der Waals surface area contributed by atoms with E-state index in [1.807, 2.05) is 60.8 Å². The summed E-state index contributed by atoms with van der Waals surface area (Å²) in [6.07, 6.45) is 5.42. The molecule has 0 aliphatic heterocycles. The highest BCUT2D eigenvalue weighted by atomic mass is 16.1. The van der Waals surface area contributed by atoms with E-state index in [0.717, 1.165) is 34.0 Å². The maximum Gasteiger partial charge on any atom is 0.157 e. The molecule has 0 fully saturated rings. The number of carbonyl (C=O) groups is 1. The van der Waals surface area contributed by atoms with Crippen LogP contribution in [0.5, 0.6) is 0 Å². The lowest BCUT2D eigenvalue weighted by Crippen LogP contribution is -2.00. The molecule has 0 amide bonds. The first-order chi connectivity index (χ1) is 13.3. The number of aromatic nitrogens is 4. The first-order valence-corrected chi connectivity index (χ1v) is 8.17. The van der Waals surface area contributed by atoms with Crippen molar-refractivity contribution in [2.75, 3.05) is 5.32 Å². The molecule has 0 unspecified atom stereocenters. The van der Waals surface area contributed by atoms with Crippen LogP contribution in [-0.2, 0) is 4.79 Å². The maximum atomic E-state index is 8.00. The lowest BCUT2D eigenvalue weighted by Gasteiger charge is -2.09. The molecule has 3 heterocycles. The zero-order valence-corrected chi connectivity index (χ0v) is 15.2. The van der Waals surface area contributed by atoms with Gasteiger partial charge in [0.15, 0.2) is 5.65 Å². The Labute approximate surface area is 158 Å². The Morgan fingerprint density at radius 1 is 0.963 bits per heavy atom. The smallest absolute Gasteiger partial charge is 0.157 e. The van der Waals surface area contributed by atoms with Gasteiger partial charge in [0.05, 0.1) is 5.69 Å². The van der Waals surface area contributed by atoms with E-state index >= 15 is 0 Å². The molecular formula is C21H21N5O. The van der Waals surface area contributed by atoms with Crippen molar-refractivity contribution in [3.8, 4) is 11.1 Å². The standard InChI is InChI=1S/C18H15N5.C2H4.CH2O/c1-13-11-18-20-10-8-17(23(18)22-13)21-16-6-4-14(5-7-16)15-3-2-9-19-12-15;2*1-2/h2-12,21H,1H3;1-2H2;1H2. The average molecular weight is 359 g/mol. The van der Waals surface area contributed by atoms with E-state index in [2.05, 4.69) is 45.7 Å². The van der Waals surface area contributed by atoms with Crippen LogP contribution >= 0.6 is 0 Å². The second-order valence-corrected chi connectivity index (χ2v) is 5.33. The van der Waals surface area contributed by atoms with E-state index < -0.39 is 0 Å². The van der Waals surface area contributed by atoms with Crippen molar-refractivity contribution in [3.05, 3.63) is 86.0 Å². The molecule has 4 rings (SSSR count). The molecule has 0 saturated carbocycles. The van der Waals surface area contributed by atoms with Crippen molar-refractivity contribution in [2.45, 2.75) is 6.92 Å². The van der Waals surface area contributed by atoms with Crippen LogP contribution < -0.4 is 5.32 Å². The van der Waals surface area contributed by atoms with Gasteiger partial charge in [-0.15, -0.1) is 13.2 Å². The van der Waals surface area contributed by atoms with Crippen molar-refractivity contribution in [1.82, 2.24) is 19.6 Å². The minimum atomic E-state index is 0.833. The largest absolute Gasteiger partial charge is 0.340 e. The summed E-state index contributed by atoms with van der Waals surface area (Å²) in [5.74, 6) is 0.886. The predicted octanol–water partition coefficient (Wildman–Crippen LogP) is 4.46. The van der Waals surface area contributed by atoms with Crippen LogP contribution in [0, 0.1) is 6.92 Å². The summed E-state index contributed by atoms with van der Waals surface area (Å²) in [4.78, 5) is 16.5. The minimum Gasteiger partial charge on any atom is -0.340 e. The van der Waals surface area contributed by atoms with Crippen molar-refractivity contribution < 1.29 is 4.79 Å². The average Bonchev–Trinajstić information content (AvgIpc) is 3.14. The fraction of sp³-hybridized carbons (Fsp3) is 0.0476. The Hall–Kier alpha value is -3.80. The van der Waals surface area contributed by atoms with Gasteiger partial charge in [-0.05, 0) is 42.3 Å². The number of carbonyl (C=O) groups excluding carboxylic acids is 1. The number of pyridine rings is 1. The summed E-state index contributed by atoms with van der Waals surface area (Å²) >= 11 is 0. The molecule has 0 atom stereocenters. The van der Waals surface area contributed by atoms with Crippen molar-refractivity contribution >= 4 is 23.9 Å². The minimum absolute atomic E-state index is 0.833. The van der Waals surface area contributed by atoms with Crippen LogP contribution in [0.25, 0.3) is 16.8 Å². The van der Waals surface area contributed by atoms with E-state index in [1.165, 1.54) is 0 Å². The summed E-state index contributed by atoms with van der Waals surface area (Å²) in [6, 6.07) is 16.1. The molecule has 0 aliphatic carbocycles. The number of rotatable bonds is 3. The topological polar surface area (TPSA) is 72.2 Å². The third-order valence-electron chi connectivity index (χ3n) is 3.63. The molecule has 0 radical (unpaired) electrons. The highest BCUT2D eigenvalue weighted by Gasteiger charge is 2.05. The molecule has 1 N–H and O–H groups in total. The molecule has 4 aromatic rings. The number of hydrogen-bond acceptors (Lipinski definition) is 5. The molecule has 6 nitrogen and oxygen atoms in total. The molecule has 3 aromatic heterocycles. The highest BCUT2D eigenvalue weighted by molar-refractivity contribution is 5.67. The summed E-state index contributed by atoms with van der Waals surface area (Å²) in [5, 5.41) is 7.84. The van der Waals surface area contributed by atoms with Gasteiger partial charge in [-0.2, -0.15) is 9.61 Å². The van der Waals surface area contributed by atoms with Gasteiger partial charge >= 0.3 is 0 Å². The number of benzene rings is 1. The normalized spacial score (nSPS) is 9.52. The molecule has 0 saturated heterocycles. The first kappa shape index (κ1) is 19.5. The van der Waals surface area contributed by atoms with Crippen LogP contribution in [0.4, 0.5) is 11.5 Å². The molecule has 0 bridgehead atoms. The zero-order chi connectivity index (χ0) is 19.6. The second kappa shape index (κ2) is 9.62. The molecule has 1 aromatic carbocycles. The van der Waals surface area contributed by atoms with Crippen LogP contribution in [-0.4, -0.2) is 26.4 Å². The quantitative estimate of drug-likeness (QED) is 0.547. The molecule has 0 spiro atoms. The highest BCUT2D eigenvalue weighted by Crippen LogP contribution is 2.22. The number of anilines is 2. The third kappa shape index (κ3) is 4.64. The zero-order valence-electron chi connectivity index (χ0n) is 15.2. The monoisotopic (exact) mass is 359 g/mol. The number of nitrogens with one attached hydrogen (secondary N) is 1. The van der Waals surface area contributed by atoms with Crippen molar-refractivity contribution in [3.63, 3.8) is 0 Å². The number of hydrogen-bond donors (Lipinski definition) is 1. The maximum absolute atomic E-state index is 8.00. The summed E-state index contributed by atoms with van der Waals surface area (Å²) in [6.45, 7) is 9.96. The van der Waals surface area contributed by atoms with Crippen molar-refractivity contribution in [2.24, 2.45) is 0 Å². The van der Waals surface area contributed by atoms with Crippen LogP contribution in [0.3, 0.4) is 0 Å². The van der Waals surface area contributed by atoms with Crippen LogP contribution in [0.1, 0.15) is 5.69 Å². The van der Waals surface area contributed by atoms with E-state index in [1.54, 1.807) is 12.4 Å². The number of nitrogens with zero attached hydrogens (tertiary/aromatic N) is 4. The second-order valence-electron chi connectivity index (χ2n) is 5.33. The molecular weight excluding hydrogens is 338 g/mol. The van der Waals surface area contributed by atoms with Gasteiger partial charge in [-0.25, -0.2) is 4.98 Å². The van der Waals surface area contributed by atoms with Gasteiger partial charge in [0.1, 0.15) is 12.6 Å². The lowest BCUT2D eigenvalue weighted by atomic mass is 10.1. The molecule has 0 aliphatic rings. The van der Waals surface area contributed by atoms with Gasteiger partial charge < -0.3 is 10.1 Å². The third-order valence-corrected chi connectivity index (χ3v) is 3.63. The Balaban J connectivity index is 0.000000614. The molecule has 6 heteroatoms. The fourth-order valence-electron chi connectivity index (χ4n) is 2.53. The van der Waals surface area contributed by atoms with E-state index in [4.69, 9.17) is 4.79 Å². The SMILES string of the molecule is C=C.C=O.Cc1cc2nccc(Nc3ccc(-c4cccnc4)cc3)n2n1. The summed E-state index contributed by atoms with van der Waals surface area (Å²) < 4.78 is 1.81. The first-order valence-electron chi connectivity index (χ1n) is 8.17. The molecule has 27 heavy (non-hydrogen) atoms. The van der Waals surface area contributed by atoms with Gasteiger partial charge in [0.2, 0.25) is 0 Å². The Morgan fingerprint density at radius 3 is 2.37 bits per heavy atom. The Kier molecular flexibility index (Phi) is 6.96. The van der Waals surface area contributed by atoms with E-state index in [-0.39, 0.29) is 0 Å². The van der Waals surface area contributed by atoms with Gasteiger partial charge in [-0.3, -0.25) is 4.98 Å². The Morgan fingerprint density at radius 2 is 1.70 bits per heavy atom. The van der Waals surface area contributed by atoms with Gasteiger partial charge in [0.25, 0.3) is 0 Å². The summed E-state index contributed by atoms with van der Waals surface area (Å²) in [5.41, 5.74) is 5.02. The number of fused-ring (bicyclic) bond motifs is 1. The van der Waals surface area contributed by atoms with Crippen molar-refractivity contribution in [1.29, 1.82) is 0 Å². The summed E-state index contributed by atoms with van der Waals surface area (Å²) in [7, 11) is 0.